The SMILES string of the molecule is CC=C(C)C(=O)OC(F)(F)C(F)(F)C(F)(F)C(F)(F)C(F)(F)CCC(F)(F)F. The number of hydrogen-bond donors (Lipinski definition) is 0. The third-order valence-corrected chi connectivity index (χ3v) is 3.31. The average molecular weight is 446 g/mol. The summed E-state index contributed by atoms with van der Waals surface area (Å²) < 4.78 is 171. The molecule has 0 fully saturated rings. The molecule has 0 N–H and O–H groups in total. The highest BCUT2D eigenvalue weighted by molar-refractivity contribution is 5.87. The molecule has 0 rings (SSSR count). The van der Waals surface area contributed by atoms with Gasteiger partial charge in [-0.3, -0.25) is 0 Å². The first kappa shape index (κ1) is 26.3. The predicted octanol–water partition coefficient (Wildman–Crippen LogP) is 5.97. The molecule has 0 aliphatic heterocycles. The number of rotatable bonds is 8. The zero-order chi connectivity index (χ0) is 23.0. The van der Waals surface area contributed by atoms with Crippen molar-refractivity contribution in [3.8, 4) is 0 Å². The topological polar surface area (TPSA) is 26.3 Å². The largest absolute Gasteiger partial charge is 0.473 e. The normalized spacial score (nSPS) is 15.6. The van der Waals surface area contributed by atoms with Gasteiger partial charge < -0.3 is 4.74 Å². The summed E-state index contributed by atoms with van der Waals surface area (Å²) >= 11 is 0. The maximum atomic E-state index is 13.4. The van der Waals surface area contributed by atoms with Crippen LogP contribution in [0.1, 0.15) is 26.7 Å². The number of esters is 1. The molecule has 0 saturated carbocycles. The van der Waals surface area contributed by atoms with Crippen LogP contribution in [0.2, 0.25) is 0 Å². The summed E-state index contributed by atoms with van der Waals surface area (Å²) in [6, 6.07) is 0. The highest BCUT2D eigenvalue weighted by atomic mass is 19.4. The second-order valence-electron chi connectivity index (χ2n) is 5.42. The molecule has 0 aromatic heterocycles. The number of alkyl halides is 13. The first-order valence-electron chi connectivity index (χ1n) is 6.89. The Morgan fingerprint density at radius 3 is 1.54 bits per heavy atom. The molecular weight excluding hydrogens is 435 g/mol. The highest BCUT2D eigenvalue weighted by Crippen LogP contribution is 2.58. The minimum Gasteiger partial charge on any atom is -0.393 e. The summed E-state index contributed by atoms with van der Waals surface area (Å²) in [6.07, 6.45) is -17.5. The van der Waals surface area contributed by atoms with Crippen molar-refractivity contribution in [3.05, 3.63) is 11.6 Å². The number of allylic oxidation sites excluding steroid dienone is 1. The molecule has 0 aliphatic carbocycles. The molecule has 0 unspecified atom stereocenters. The van der Waals surface area contributed by atoms with Gasteiger partial charge in [0.25, 0.3) is 0 Å². The molecule has 0 bridgehead atoms. The monoisotopic (exact) mass is 446 g/mol. The van der Waals surface area contributed by atoms with Gasteiger partial charge in [-0.1, -0.05) is 6.08 Å². The van der Waals surface area contributed by atoms with E-state index in [4.69, 9.17) is 0 Å². The van der Waals surface area contributed by atoms with Crippen LogP contribution in [-0.4, -0.2) is 41.9 Å². The molecule has 0 saturated heterocycles. The lowest BCUT2D eigenvalue weighted by Crippen LogP contribution is -2.68. The molecule has 28 heavy (non-hydrogen) atoms. The zero-order valence-corrected chi connectivity index (χ0v) is 13.7. The Balaban J connectivity index is 5.98. The molecule has 0 atom stereocenters. The minimum atomic E-state index is -7.62. The lowest BCUT2D eigenvalue weighted by Gasteiger charge is -2.38. The Morgan fingerprint density at radius 2 is 1.18 bits per heavy atom. The molecule has 0 aromatic rings. The summed E-state index contributed by atoms with van der Waals surface area (Å²) in [5, 5.41) is 0. The van der Waals surface area contributed by atoms with E-state index >= 15 is 0 Å². The van der Waals surface area contributed by atoms with Crippen LogP contribution in [0.15, 0.2) is 11.6 Å². The van der Waals surface area contributed by atoms with Gasteiger partial charge in [-0.05, 0) is 13.8 Å². The van der Waals surface area contributed by atoms with E-state index in [1.165, 1.54) is 0 Å². The predicted molar refractivity (Wildman–Crippen MR) is 65.5 cm³/mol. The lowest BCUT2D eigenvalue weighted by molar-refractivity contribution is -0.437. The Kier molecular flexibility index (Phi) is 7.15. The van der Waals surface area contributed by atoms with Crippen molar-refractivity contribution in [2.75, 3.05) is 0 Å². The number of carbonyl (C=O) groups excluding carboxylic acids is 1. The van der Waals surface area contributed by atoms with Crippen LogP contribution >= 0.6 is 0 Å². The molecule has 15 heteroatoms. The van der Waals surface area contributed by atoms with Gasteiger partial charge in [-0.15, -0.1) is 0 Å². The van der Waals surface area contributed by atoms with Crippen molar-refractivity contribution in [3.63, 3.8) is 0 Å². The third kappa shape index (κ3) is 4.82. The highest BCUT2D eigenvalue weighted by Gasteiger charge is 2.87. The number of halogens is 13. The molecule has 0 aliphatic rings. The van der Waals surface area contributed by atoms with E-state index in [1.54, 1.807) is 0 Å². The van der Waals surface area contributed by atoms with Crippen molar-refractivity contribution in [1.82, 2.24) is 0 Å². The third-order valence-electron chi connectivity index (χ3n) is 3.31. The molecule has 0 radical (unpaired) electrons. The van der Waals surface area contributed by atoms with Crippen LogP contribution in [0.5, 0.6) is 0 Å². The van der Waals surface area contributed by atoms with Gasteiger partial charge in [0.15, 0.2) is 0 Å². The first-order valence-corrected chi connectivity index (χ1v) is 6.89. The van der Waals surface area contributed by atoms with Gasteiger partial charge in [-0.2, -0.15) is 57.1 Å². The van der Waals surface area contributed by atoms with E-state index in [2.05, 4.69) is 4.74 Å². The second-order valence-corrected chi connectivity index (χ2v) is 5.42. The fourth-order valence-electron chi connectivity index (χ4n) is 1.44. The summed E-state index contributed by atoms with van der Waals surface area (Å²) in [7, 11) is 0. The van der Waals surface area contributed by atoms with E-state index in [9.17, 15) is 61.9 Å². The van der Waals surface area contributed by atoms with E-state index < -0.39 is 60.4 Å². The fourth-order valence-corrected chi connectivity index (χ4v) is 1.44. The Hall–Kier alpha value is -1.70. The summed E-state index contributed by atoms with van der Waals surface area (Å²) in [4.78, 5) is 11.0. The molecule has 166 valence electrons. The van der Waals surface area contributed by atoms with Crippen molar-refractivity contribution in [1.29, 1.82) is 0 Å². The number of carbonyl (C=O) groups is 1. The van der Waals surface area contributed by atoms with Crippen molar-refractivity contribution < 1.29 is 66.6 Å². The van der Waals surface area contributed by atoms with Crippen molar-refractivity contribution >= 4 is 5.97 Å². The molecule has 2 nitrogen and oxygen atoms in total. The van der Waals surface area contributed by atoms with Crippen molar-refractivity contribution in [2.24, 2.45) is 0 Å². The molecule has 0 amide bonds. The summed E-state index contributed by atoms with van der Waals surface area (Å²) in [6.45, 7) is 1.66. The van der Waals surface area contributed by atoms with E-state index in [1.807, 2.05) is 0 Å². The first-order chi connectivity index (χ1) is 12.1. The summed E-state index contributed by atoms with van der Waals surface area (Å²) in [5.74, 6) is -31.3. The smallest absolute Gasteiger partial charge is 0.393 e. The van der Waals surface area contributed by atoms with Crippen LogP contribution in [0.3, 0.4) is 0 Å². The van der Waals surface area contributed by atoms with Gasteiger partial charge in [0, 0.05) is 18.4 Å². The lowest BCUT2D eigenvalue weighted by atomic mass is 9.95. The van der Waals surface area contributed by atoms with Crippen LogP contribution in [0.25, 0.3) is 0 Å². The molecule has 0 heterocycles. The Bertz CT molecular complexity index is 604. The zero-order valence-electron chi connectivity index (χ0n) is 13.7. The van der Waals surface area contributed by atoms with Crippen LogP contribution in [-0.2, 0) is 9.53 Å². The van der Waals surface area contributed by atoms with E-state index in [0.717, 1.165) is 6.92 Å². The quantitative estimate of drug-likeness (QED) is 0.261. The average Bonchev–Trinajstić information content (AvgIpc) is 2.50. The number of ether oxygens (including phenoxy) is 1. The summed E-state index contributed by atoms with van der Waals surface area (Å²) in [5.41, 5.74) is -0.860. The van der Waals surface area contributed by atoms with E-state index in [-0.39, 0.29) is 0 Å². The van der Waals surface area contributed by atoms with Gasteiger partial charge >= 0.3 is 41.9 Å². The maximum absolute atomic E-state index is 13.4. The minimum absolute atomic E-state index is 0.675. The van der Waals surface area contributed by atoms with Crippen molar-refractivity contribution in [2.45, 2.75) is 62.7 Å². The van der Waals surface area contributed by atoms with Crippen LogP contribution < -0.4 is 0 Å². The van der Waals surface area contributed by atoms with Crippen LogP contribution in [0.4, 0.5) is 57.1 Å². The maximum Gasteiger partial charge on any atom is 0.473 e. The van der Waals surface area contributed by atoms with E-state index in [0.29, 0.717) is 13.0 Å². The Labute approximate surface area is 148 Å². The molecule has 0 aromatic carbocycles. The second kappa shape index (κ2) is 7.61. The molecular formula is C13H11F13O2. The fraction of sp³-hybridized carbons (Fsp3) is 0.769. The molecule has 0 spiro atoms. The van der Waals surface area contributed by atoms with Gasteiger partial charge in [0.2, 0.25) is 0 Å². The van der Waals surface area contributed by atoms with Gasteiger partial charge in [-0.25, -0.2) is 4.79 Å². The standard InChI is InChI=1S/C13H11F13O2/c1-3-6(2)7(27)28-13(25,26)12(23,24)11(21,22)10(19,20)8(14,15)4-5-9(16,17)18/h3H,4-5H2,1-2H3. The Morgan fingerprint density at radius 1 is 0.750 bits per heavy atom. The number of hydrogen-bond acceptors (Lipinski definition) is 2. The van der Waals surface area contributed by atoms with Crippen LogP contribution in [0, 0.1) is 0 Å². The van der Waals surface area contributed by atoms with Gasteiger partial charge in [0.1, 0.15) is 0 Å². The van der Waals surface area contributed by atoms with Gasteiger partial charge in [0.05, 0.1) is 0 Å².